The van der Waals surface area contributed by atoms with Crippen LogP contribution in [-0.4, -0.2) is 32.4 Å². The summed E-state index contributed by atoms with van der Waals surface area (Å²) < 4.78 is 25.9. The minimum Gasteiger partial charge on any atom is -0.327 e. The molecule has 0 aliphatic rings. The van der Waals surface area contributed by atoms with Crippen LogP contribution in [0.5, 0.6) is 0 Å². The van der Waals surface area contributed by atoms with Crippen LogP contribution < -0.4 is 5.73 Å². The minimum absolute atomic E-state index is 0. The number of sulfonamides is 1. The third kappa shape index (κ3) is 5.22. The summed E-state index contributed by atoms with van der Waals surface area (Å²) in [4.78, 5) is 0.248. The number of nitrogens with two attached hydrogens (primary N) is 1. The second kappa shape index (κ2) is 8.20. The first-order valence-electron chi connectivity index (χ1n) is 6.22. The van der Waals surface area contributed by atoms with Gasteiger partial charge in [-0.25, -0.2) is 12.7 Å². The van der Waals surface area contributed by atoms with Crippen LogP contribution >= 0.6 is 24.0 Å². The first-order valence-corrected chi connectivity index (χ1v) is 8.04. The van der Waals surface area contributed by atoms with E-state index in [0.29, 0.717) is 23.9 Å². The molecule has 0 spiro atoms. The Morgan fingerprint density at radius 2 is 1.75 bits per heavy atom. The van der Waals surface area contributed by atoms with Crippen molar-refractivity contribution in [2.45, 2.75) is 31.2 Å². The Balaban J connectivity index is 0.00000361. The van der Waals surface area contributed by atoms with Gasteiger partial charge in [-0.05, 0) is 36.6 Å². The average molecular weight is 341 g/mol. The minimum atomic E-state index is -3.46. The Kier molecular flexibility index (Phi) is 8.06. The molecular weight excluding hydrogens is 319 g/mol. The van der Waals surface area contributed by atoms with E-state index in [2.05, 4.69) is 0 Å². The van der Waals surface area contributed by atoms with E-state index in [-0.39, 0.29) is 23.3 Å². The Hall–Kier alpha value is -0.330. The van der Waals surface area contributed by atoms with Gasteiger partial charge >= 0.3 is 0 Å². The van der Waals surface area contributed by atoms with Gasteiger partial charge in [0.05, 0.1) is 4.90 Å². The predicted octanol–water partition coefficient (Wildman–Crippen LogP) is 2.76. The van der Waals surface area contributed by atoms with Crippen LogP contribution in [0.2, 0.25) is 5.02 Å². The zero-order chi connectivity index (χ0) is 14.6. The molecule has 1 aromatic rings. The van der Waals surface area contributed by atoms with Crippen LogP contribution in [0.1, 0.15) is 20.3 Å². The van der Waals surface area contributed by atoms with Crippen LogP contribution in [0.25, 0.3) is 0 Å². The summed E-state index contributed by atoms with van der Waals surface area (Å²) in [6, 6.07) is 6.17. The smallest absolute Gasteiger partial charge is 0.242 e. The van der Waals surface area contributed by atoms with Gasteiger partial charge in [-0.3, -0.25) is 0 Å². The summed E-state index contributed by atoms with van der Waals surface area (Å²) in [6.07, 6.45) is 0.640. The molecule has 0 saturated heterocycles. The van der Waals surface area contributed by atoms with Crippen molar-refractivity contribution < 1.29 is 8.42 Å². The standard InChI is InChI=1S/C13H21ClN2O2S.ClH/c1-10(2)13(15)8-9-16(3)19(17,18)12-6-4-11(14)5-7-12;/h4-7,10,13H,8-9,15H2,1-3H3;1H. The van der Waals surface area contributed by atoms with E-state index >= 15 is 0 Å². The maximum atomic E-state index is 12.3. The van der Waals surface area contributed by atoms with Gasteiger partial charge in [-0.1, -0.05) is 25.4 Å². The number of rotatable bonds is 6. The fraction of sp³-hybridized carbons (Fsp3) is 0.538. The van der Waals surface area contributed by atoms with Crippen molar-refractivity contribution in [1.29, 1.82) is 0 Å². The maximum Gasteiger partial charge on any atom is 0.242 e. The molecule has 1 unspecified atom stereocenters. The summed E-state index contributed by atoms with van der Waals surface area (Å²) in [5, 5.41) is 0.517. The summed E-state index contributed by atoms with van der Waals surface area (Å²) in [5.74, 6) is 0.339. The molecule has 20 heavy (non-hydrogen) atoms. The molecular formula is C13H22Cl2N2O2S. The van der Waals surface area contributed by atoms with Gasteiger partial charge in [0.2, 0.25) is 10.0 Å². The lowest BCUT2D eigenvalue weighted by Gasteiger charge is -2.21. The van der Waals surface area contributed by atoms with Gasteiger partial charge in [0.1, 0.15) is 0 Å². The Morgan fingerprint density at radius 3 is 2.20 bits per heavy atom. The third-order valence-corrected chi connectivity index (χ3v) is 5.28. The van der Waals surface area contributed by atoms with Crippen molar-refractivity contribution in [1.82, 2.24) is 4.31 Å². The fourth-order valence-corrected chi connectivity index (χ4v) is 2.88. The van der Waals surface area contributed by atoms with Gasteiger partial charge in [0.25, 0.3) is 0 Å². The molecule has 116 valence electrons. The van der Waals surface area contributed by atoms with Gasteiger partial charge in [-0.15, -0.1) is 12.4 Å². The molecule has 0 fully saturated rings. The third-order valence-electron chi connectivity index (χ3n) is 3.16. The first-order chi connectivity index (χ1) is 8.75. The number of benzene rings is 1. The van der Waals surface area contributed by atoms with Gasteiger partial charge in [-0.2, -0.15) is 0 Å². The van der Waals surface area contributed by atoms with Crippen molar-refractivity contribution in [2.75, 3.05) is 13.6 Å². The zero-order valence-corrected chi connectivity index (χ0v) is 14.3. The van der Waals surface area contributed by atoms with Crippen molar-refractivity contribution >= 4 is 34.0 Å². The van der Waals surface area contributed by atoms with E-state index in [1.807, 2.05) is 13.8 Å². The fourth-order valence-electron chi connectivity index (χ4n) is 1.57. The van der Waals surface area contributed by atoms with E-state index in [1.54, 1.807) is 19.2 Å². The van der Waals surface area contributed by atoms with Crippen molar-refractivity contribution in [2.24, 2.45) is 11.7 Å². The van der Waals surface area contributed by atoms with Crippen LogP contribution in [0, 0.1) is 5.92 Å². The van der Waals surface area contributed by atoms with E-state index in [1.165, 1.54) is 16.4 Å². The molecule has 1 atom stereocenters. The van der Waals surface area contributed by atoms with Crippen LogP contribution in [0.15, 0.2) is 29.2 Å². The van der Waals surface area contributed by atoms with Gasteiger partial charge in [0, 0.05) is 24.7 Å². The second-order valence-corrected chi connectivity index (χ2v) is 7.46. The largest absolute Gasteiger partial charge is 0.327 e. The molecule has 0 heterocycles. The summed E-state index contributed by atoms with van der Waals surface area (Å²) in [7, 11) is -1.89. The summed E-state index contributed by atoms with van der Waals surface area (Å²) >= 11 is 5.75. The molecule has 0 amide bonds. The molecule has 0 bridgehead atoms. The predicted molar refractivity (Wildman–Crippen MR) is 85.9 cm³/mol. The van der Waals surface area contributed by atoms with Crippen LogP contribution in [-0.2, 0) is 10.0 Å². The highest BCUT2D eigenvalue weighted by molar-refractivity contribution is 7.89. The molecule has 7 heteroatoms. The second-order valence-electron chi connectivity index (χ2n) is 4.98. The average Bonchev–Trinajstić information content (AvgIpc) is 2.35. The highest BCUT2D eigenvalue weighted by Crippen LogP contribution is 2.18. The van der Waals surface area contributed by atoms with Crippen molar-refractivity contribution in [3.63, 3.8) is 0 Å². The van der Waals surface area contributed by atoms with E-state index < -0.39 is 10.0 Å². The van der Waals surface area contributed by atoms with Crippen LogP contribution in [0.4, 0.5) is 0 Å². The molecule has 1 rings (SSSR count). The molecule has 0 aliphatic heterocycles. The Morgan fingerprint density at radius 1 is 1.25 bits per heavy atom. The number of nitrogens with zero attached hydrogens (tertiary/aromatic N) is 1. The first kappa shape index (κ1) is 19.7. The van der Waals surface area contributed by atoms with E-state index in [4.69, 9.17) is 17.3 Å². The van der Waals surface area contributed by atoms with Crippen LogP contribution in [0.3, 0.4) is 0 Å². The van der Waals surface area contributed by atoms with Gasteiger partial charge in [0.15, 0.2) is 0 Å². The number of hydrogen-bond acceptors (Lipinski definition) is 3. The van der Waals surface area contributed by atoms with E-state index in [9.17, 15) is 8.42 Å². The lowest BCUT2D eigenvalue weighted by Crippen LogP contribution is -2.34. The van der Waals surface area contributed by atoms with Gasteiger partial charge < -0.3 is 5.73 Å². The molecule has 0 aromatic heterocycles. The monoisotopic (exact) mass is 340 g/mol. The van der Waals surface area contributed by atoms with Crippen molar-refractivity contribution in [3.05, 3.63) is 29.3 Å². The lowest BCUT2D eigenvalue weighted by molar-refractivity contribution is 0.397. The van der Waals surface area contributed by atoms with E-state index in [0.717, 1.165) is 0 Å². The zero-order valence-electron chi connectivity index (χ0n) is 11.9. The van der Waals surface area contributed by atoms with Crippen molar-refractivity contribution in [3.8, 4) is 0 Å². The summed E-state index contributed by atoms with van der Waals surface area (Å²) in [5.41, 5.74) is 5.93. The Labute approximate surface area is 132 Å². The normalized spacial score (nSPS) is 13.3. The molecule has 0 aliphatic carbocycles. The Bertz CT molecular complexity index is 504. The molecule has 2 N–H and O–H groups in total. The molecule has 0 radical (unpaired) electrons. The molecule has 1 aromatic carbocycles. The maximum absolute atomic E-state index is 12.3. The lowest BCUT2D eigenvalue weighted by atomic mass is 10.0. The number of hydrogen-bond donors (Lipinski definition) is 1. The topological polar surface area (TPSA) is 63.4 Å². The highest BCUT2D eigenvalue weighted by atomic mass is 35.5. The SMILES string of the molecule is CC(C)C(N)CCN(C)S(=O)(=O)c1ccc(Cl)cc1.Cl. The quantitative estimate of drug-likeness (QED) is 0.865. The highest BCUT2D eigenvalue weighted by Gasteiger charge is 2.21. The molecule has 4 nitrogen and oxygen atoms in total. The summed E-state index contributed by atoms with van der Waals surface area (Å²) in [6.45, 7) is 4.46. The number of halogens is 2. The molecule has 0 saturated carbocycles.